The first-order valence-electron chi connectivity index (χ1n) is 6.07. The molecule has 0 radical (unpaired) electrons. The smallest absolute Gasteiger partial charge is 0.227 e. The van der Waals surface area contributed by atoms with Gasteiger partial charge in [0.1, 0.15) is 5.52 Å². The lowest BCUT2D eigenvalue weighted by molar-refractivity contribution is 0.617. The number of rotatable bonds is 1. The van der Waals surface area contributed by atoms with E-state index >= 15 is 0 Å². The minimum absolute atomic E-state index is 0.544. The molecule has 4 nitrogen and oxygen atoms in total. The van der Waals surface area contributed by atoms with E-state index in [1.165, 1.54) is 0 Å². The highest BCUT2D eigenvalue weighted by Gasteiger charge is 2.11. The predicted octanol–water partition coefficient (Wildman–Crippen LogP) is 3.28. The summed E-state index contributed by atoms with van der Waals surface area (Å²) < 4.78 is 5.83. The van der Waals surface area contributed by atoms with Crippen molar-refractivity contribution in [2.75, 3.05) is 11.5 Å². The minimum atomic E-state index is 0.544. The van der Waals surface area contributed by atoms with E-state index in [4.69, 9.17) is 15.9 Å². The first-order chi connectivity index (χ1) is 9.02. The van der Waals surface area contributed by atoms with Crippen LogP contribution >= 0.6 is 0 Å². The molecule has 0 spiro atoms. The number of nitrogens with zero attached hydrogens (tertiary/aromatic N) is 1. The van der Waals surface area contributed by atoms with Crippen molar-refractivity contribution in [1.82, 2.24) is 4.98 Å². The zero-order chi connectivity index (χ0) is 13.6. The van der Waals surface area contributed by atoms with Crippen LogP contribution in [0.1, 0.15) is 11.1 Å². The highest BCUT2D eigenvalue weighted by Crippen LogP contribution is 2.29. The molecule has 0 aliphatic carbocycles. The van der Waals surface area contributed by atoms with Crippen molar-refractivity contribution in [2.24, 2.45) is 0 Å². The summed E-state index contributed by atoms with van der Waals surface area (Å²) in [7, 11) is 0. The summed E-state index contributed by atoms with van der Waals surface area (Å²) in [4.78, 5) is 4.51. The maximum absolute atomic E-state index is 5.83. The molecule has 4 heteroatoms. The van der Waals surface area contributed by atoms with E-state index in [0.717, 1.165) is 27.8 Å². The Kier molecular flexibility index (Phi) is 2.45. The van der Waals surface area contributed by atoms with Crippen molar-refractivity contribution >= 4 is 22.5 Å². The summed E-state index contributed by atoms with van der Waals surface area (Å²) in [5.41, 5.74) is 17.5. The molecular weight excluding hydrogens is 238 g/mol. The molecular formula is C15H15N3O. The van der Waals surface area contributed by atoms with E-state index in [1.54, 1.807) is 6.07 Å². The molecule has 0 unspecified atom stereocenters. The Hall–Kier alpha value is -2.49. The highest BCUT2D eigenvalue weighted by atomic mass is 16.3. The first kappa shape index (κ1) is 11.6. The van der Waals surface area contributed by atoms with Gasteiger partial charge in [-0.25, -0.2) is 4.98 Å². The average molecular weight is 253 g/mol. The SMILES string of the molecule is Cc1cc(C)c2oc(-c3cc(N)cc(N)c3)nc2c1. The van der Waals surface area contributed by atoms with Gasteiger partial charge in [0.05, 0.1) is 0 Å². The van der Waals surface area contributed by atoms with Gasteiger partial charge in [0, 0.05) is 16.9 Å². The molecule has 0 saturated carbocycles. The molecule has 0 bridgehead atoms. The fourth-order valence-electron chi connectivity index (χ4n) is 2.30. The molecule has 0 saturated heterocycles. The molecule has 3 rings (SSSR count). The quantitative estimate of drug-likeness (QED) is 0.652. The Morgan fingerprint density at radius 1 is 0.947 bits per heavy atom. The van der Waals surface area contributed by atoms with Crippen LogP contribution in [-0.2, 0) is 0 Å². The Labute approximate surface area is 111 Å². The molecule has 0 aliphatic rings. The lowest BCUT2D eigenvalue weighted by atomic mass is 10.1. The molecule has 0 fully saturated rings. The third-order valence-electron chi connectivity index (χ3n) is 3.04. The molecule has 1 heterocycles. The van der Waals surface area contributed by atoms with Crippen LogP contribution in [0.2, 0.25) is 0 Å². The van der Waals surface area contributed by atoms with E-state index in [9.17, 15) is 0 Å². The third kappa shape index (κ3) is 2.01. The van der Waals surface area contributed by atoms with Gasteiger partial charge < -0.3 is 15.9 Å². The van der Waals surface area contributed by atoms with E-state index in [-0.39, 0.29) is 0 Å². The van der Waals surface area contributed by atoms with Crippen LogP contribution < -0.4 is 11.5 Å². The summed E-state index contributed by atoms with van der Waals surface area (Å²) in [6.07, 6.45) is 0. The average Bonchev–Trinajstić information content (AvgIpc) is 2.71. The number of hydrogen-bond acceptors (Lipinski definition) is 4. The second-order valence-electron chi connectivity index (χ2n) is 4.84. The Morgan fingerprint density at radius 3 is 2.32 bits per heavy atom. The molecule has 4 N–H and O–H groups in total. The molecule has 0 amide bonds. The first-order valence-corrected chi connectivity index (χ1v) is 6.07. The number of anilines is 2. The highest BCUT2D eigenvalue weighted by molar-refractivity contribution is 5.81. The summed E-state index contributed by atoms with van der Waals surface area (Å²) >= 11 is 0. The number of fused-ring (bicyclic) bond motifs is 1. The zero-order valence-electron chi connectivity index (χ0n) is 10.9. The van der Waals surface area contributed by atoms with Gasteiger partial charge in [-0.15, -0.1) is 0 Å². The minimum Gasteiger partial charge on any atom is -0.436 e. The normalized spacial score (nSPS) is 11.1. The number of aromatic nitrogens is 1. The topological polar surface area (TPSA) is 78.1 Å². The number of nitrogens with two attached hydrogens (primary N) is 2. The number of aryl methyl sites for hydroxylation is 2. The van der Waals surface area contributed by atoms with Crippen molar-refractivity contribution in [3.8, 4) is 11.5 Å². The van der Waals surface area contributed by atoms with Crippen molar-refractivity contribution in [2.45, 2.75) is 13.8 Å². The van der Waals surface area contributed by atoms with Gasteiger partial charge in [-0.1, -0.05) is 6.07 Å². The van der Waals surface area contributed by atoms with Crippen LogP contribution in [0.25, 0.3) is 22.6 Å². The van der Waals surface area contributed by atoms with E-state index in [1.807, 2.05) is 32.0 Å². The lowest BCUT2D eigenvalue weighted by Gasteiger charge is -2.00. The molecule has 2 aromatic carbocycles. The monoisotopic (exact) mass is 253 g/mol. The molecule has 19 heavy (non-hydrogen) atoms. The van der Waals surface area contributed by atoms with Crippen molar-refractivity contribution in [3.63, 3.8) is 0 Å². The Balaban J connectivity index is 2.23. The molecule has 3 aromatic rings. The van der Waals surface area contributed by atoms with Crippen LogP contribution in [0.4, 0.5) is 11.4 Å². The second kappa shape index (κ2) is 4.02. The molecule has 1 aromatic heterocycles. The summed E-state index contributed by atoms with van der Waals surface area (Å²) in [6, 6.07) is 9.41. The number of oxazole rings is 1. The standard InChI is InChI=1S/C15H15N3O/c1-8-3-9(2)14-13(4-8)18-15(19-14)10-5-11(16)7-12(17)6-10/h3-7H,16-17H2,1-2H3. The lowest BCUT2D eigenvalue weighted by Crippen LogP contribution is -1.91. The second-order valence-corrected chi connectivity index (χ2v) is 4.84. The van der Waals surface area contributed by atoms with Crippen molar-refractivity contribution in [3.05, 3.63) is 41.5 Å². The van der Waals surface area contributed by atoms with E-state index in [2.05, 4.69) is 11.1 Å². The fourth-order valence-corrected chi connectivity index (χ4v) is 2.30. The number of hydrogen-bond donors (Lipinski definition) is 2. The largest absolute Gasteiger partial charge is 0.436 e. The van der Waals surface area contributed by atoms with Gasteiger partial charge >= 0.3 is 0 Å². The van der Waals surface area contributed by atoms with Crippen molar-refractivity contribution < 1.29 is 4.42 Å². The van der Waals surface area contributed by atoms with Crippen LogP contribution in [0, 0.1) is 13.8 Å². The van der Waals surface area contributed by atoms with Gasteiger partial charge in [-0.05, 0) is 49.2 Å². The summed E-state index contributed by atoms with van der Waals surface area (Å²) in [5, 5.41) is 0. The maximum atomic E-state index is 5.83. The van der Waals surface area contributed by atoms with Gasteiger partial charge in [-0.3, -0.25) is 0 Å². The van der Waals surface area contributed by atoms with Crippen molar-refractivity contribution in [1.29, 1.82) is 0 Å². The Morgan fingerprint density at radius 2 is 1.63 bits per heavy atom. The van der Waals surface area contributed by atoms with Gasteiger partial charge in [0.2, 0.25) is 5.89 Å². The third-order valence-corrected chi connectivity index (χ3v) is 3.04. The summed E-state index contributed by atoms with van der Waals surface area (Å²) in [6.45, 7) is 4.05. The predicted molar refractivity (Wildman–Crippen MR) is 77.7 cm³/mol. The molecule has 0 atom stereocenters. The van der Waals surface area contributed by atoms with E-state index < -0.39 is 0 Å². The van der Waals surface area contributed by atoms with E-state index in [0.29, 0.717) is 17.3 Å². The summed E-state index contributed by atoms with van der Waals surface area (Å²) in [5.74, 6) is 0.544. The van der Waals surface area contributed by atoms with Gasteiger partial charge in [0.25, 0.3) is 0 Å². The maximum Gasteiger partial charge on any atom is 0.227 e. The van der Waals surface area contributed by atoms with Gasteiger partial charge in [-0.2, -0.15) is 0 Å². The number of nitrogen functional groups attached to an aromatic ring is 2. The molecule has 0 aliphatic heterocycles. The van der Waals surface area contributed by atoms with Crippen LogP contribution in [0.5, 0.6) is 0 Å². The van der Waals surface area contributed by atoms with Gasteiger partial charge in [0.15, 0.2) is 5.58 Å². The number of benzene rings is 2. The fraction of sp³-hybridized carbons (Fsp3) is 0.133. The van der Waals surface area contributed by atoms with Crippen LogP contribution in [0.15, 0.2) is 34.7 Å². The van der Waals surface area contributed by atoms with Crippen LogP contribution in [-0.4, -0.2) is 4.98 Å². The van der Waals surface area contributed by atoms with Crippen LogP contribution in [0.3, 0.4) is 0 Å². The Bertz CT molecular complexity index is 754. The zero-order valence-corrected chi connectivity index (χ0v) is 10.9. The molecule has 96 valence electrons.